The van der Waals surface area contributed by atoms with Gasteiger partial charge in [-0.05, 0) is 55.4 Å². The molecule has 0 amide bonds. The highest BCUT2D eigenvalue weighted by Gasteiger charge is 2.48. The molecule has 2 rings (SSSR count). The van der Waals surface area contributed by atoms with Crippen molar-refractivity contribution in [1.82, 2.24) is 0 Å². The van der Waals surface area contributed by atoms with Gasteiger partial charge in [-0.25, -0.2) is 0 Å². The highest BCUT2D eigenvalue weighted by molar-refractivity contribution is 6.04. The van der Waals surface area contributed by atoms with E-state index in [1.165, 1.54) is 24.8 Å². The van der Waals surface area contributed by atoms with Crippen molar-refractivity contribution in [3.8, 4) is 11.8 Å². The summed E-state index contributed by atoms with van der Waals surface area (Å²) in [6.45, 7) is 6.26. The average molecular weight is 202 g/mol. The molecule has 0 N–H and O–H groups in total. The third-order valence-electron chi connectivity index (χ3n) is 4.17. The molecular weight excluding hydrogens is 184 g/mol. The van der Waals surface area contributed by atoms with E-state index in [1.807, 2.05) is 0 Å². The molecule has 2 unspecified atom stereocenters. The first-order chi connectivity index (χ1) is 7.05. The third-order valence-corrected chi connectivity index (χ3v) is 4.17. The van der Waals surface area contributed by atoms with Gasteiger partial charge in [-0.2, -0.15) is 0 Å². The Bertz CT molecular complexity index is 376. The summed E-state index contributed by atoms with van der Waals surface area (Å²) in [5.41, 5.74) is 1.58. The molecule has 2 aliphatic carbocycles. The molecule has 0 radical (unpaired) electrons. The van der Waals surface area contributed by atoms with Crippen molar-refractivity contribution in [2.24, 2.45) is 17.3 Å². The molecule has 0 aromatic carbocycles. The van der Waals surface area contributed by atoms with Gasteiger partial charge < -0.3 is 0 Å². The summed E-state index contributed by atoms with van der Waals surface area (Å²) in [6.07, 6.45) is 5.70. The molecule has 0 saturated heterocycles. The summed E-state index contributed by atoms with van der Waals surface area (Å²) in [6, 6.07) is 0. The van der Waals surface area contributed by atoms with Gasteiger partial charge in [0, 0.05) is 0 Å². The van der Waals surface area contributed by atoms with Gasteiger partial charge in [0.2, 0.25) is 5.78 Å². The van der Waals surface area contributed by atoms with E-state index in [9.17, 15) is 4.79 Å². The molecule has 1 heteroatoms. The number of hydrogen-bond acceptors (Lipinski definition) is 1. The zero-order chi connectivity index (χ0) is 11.1. The van der Waals surface area contributed by atoms with Crippen LogP contribution in [0.2, 0.25) is 0 Å². The predicted octanol–water partition coefficient (Wildman–Crippen LogP) is 2.96. The van der Waals surface area contributed by atoms with E-state index in [1.54, 1.807) is 13.0 Å². The van der Waals surface area contributed by atoms with Gasteiger partial charge in [-0.1, -0.05) is 25.3 Å². The number of rotatable bonds is 1. The monoisotopic (exact) mass is 202 g/mol. The topological polar surface area (TPSA) is 17.1 Å². The Hall–Kier alpha value is -1.03. The van der Waals surface area contributed by atoms with Crippen LogP contribution in [0.3, 0.4) is 0 Å². The van der Waals surface area contributed by atoms with E-state index in [0.717, 1.165) is 5.92 Å². The lowest BCUT2D eigenvalue weighted by molar-refractivity contribution is -0.109. The number of carbonyl (C=O) groups is 1. The second kappa shape index (κ2) is 3.52. The van der Waals surface area contributed by atoms with Crippen molar-refractivity contribution < 1.29 is 4.79 Å². The van der Waals surface area contributed by atoms with E-state index in [2.05, 4.69) is 25.7 Å². The summed E-state index contributed by atoms with van der Waals surface area (Å²) in [4.78, 5) is 11.5. The van der Waals surface area contributed by atoms with Crippen LogP contribution in [0.25, 0.3) is 0 Å². The lowest BCUT2D eigenvalue weighted by Gasteiger charge is -2.32. The molecule has 2 saturated carbocycles. The molecule has 0 spiro atoms. The van der Waals surface area contributed by atoms with Gasteiger partial charge in [-0.15, -0.1) is 0 Å². The standard InChI is InChI=1S/C14H18O/c1-4-5-12(15)9-13-10-6-7-11(8-10)14(13,2)3/h9-11H,6-8H2,1-3H3. The molecule has 0 aromatic rings. The minimum Gasteiger partial charge on any atom is -0.280 e. The van der Waals surface area contributed by atoms with E-state index in [0.29, 0.717) is 5.92 Å². The molecule has 0 aromatic heterocycles. The highest BCUT2D eigenvalue weighted by Crippen LogP contribution is 2.58. The van der Waals surface area contributed by atoms with Gasteiger partial charge in [0.25, 0.3) is 0 Å². The van der Waals surface area contributed by atoms with Crippen LogP contribution in [-0.2, 0) is 4.79 Å². The van der Waals surface area contributed by atoms with Gasteiger partial charge in [0.15, 0.2) is 0 Å². The first-order valence-corrected chi connectivity index (χ1v) is 5.74. The first kappa shape index (κ1) is 10.5. The van der Waals surface area contributed by atoms with Crippen molar-refractivity contribution >= 4 is 5.78 Å². The molecule has 80 valence electrons. The average Bonchev–Trinajstić information content (AvgIpc) is 2.69. The lowest BCUT2D eigenvalue weighted by Crippen LogP contribution is -2.23. The van der Waals surface area contributed by atoms with Gasteiger partial charge in [0.1, 0.15) is 0 Å². The molecule has 2 fully saturated rings. The van der Waals surface area contributed by atoms with Crippen molar-refractivity contribution in [3.05, 3.63) is 11.6 Å². The Morgan fingerprint density at radius 1 is 1.47 bits per heavy atom. The summed E-state index contributed by atoms with van der Waals surface area (Å²) in [7, 11) is 0. The predicted molar refractivity (Wildman–Crippen MR) is 61.2 cm³/mol. The van der Waals surface area contributed by atoms with Crippen LogP contribution in [-0.4, -0.2) is 5.78 Å². The minimum atomic E-state index is -0.0203. The second-order valence-corrected chi connectivity index (χ2v) is 5.27. The zero-order valence-corrected chi connectivity index (χ0v) is 9.76. The Kier molecular flexibility index (Phi) is 2.46. The fraction of sp³-hybridized carbons (Fsp3) is 0.643. The molecule has 2 bridgehead atoms. The number of fused-ring (bicyclic) bond motifs is 2. The summed E-state index contributed by atoms with van der Waals surface area (Å²) in [5.74, 6) is 6.70. The fourth-order valence-corrected chi connectivity index (χ4v) is 3.29. The highest BCUT2D eigenvalue weighted by atomic mass is 16.1. The quantitative estimate of drug-likeness (QED) is 0.363. The van der Waals surface area contributed by atoms with Crippen LogP contribution in [0.4, 0.5) is 0 Å². The summed E-state index contributed by atoms with van der Waals surface area (Å²) in [5, 5.41) is 0. The van der Waals surface area contributed by atoms with E-state index in [-0.39, 0.29) is 11.2 Å². The zero-order valence-electron chi connectivity index (χ0n) is 9.76. The van der Waals surface area contributed by atoms with Crippen LogP contribution in [0.5, 0.6) is 0 Å². The maximum absolute atomic E-state index is 11.5. The SMILES string of the molecule is CC#CC(=O)C=C1C2CCC(C2)C1(C)C. The van der Waals surface area contributed by atoms with Crippen molar-refractivity contribution in [1.29, 1.82) is 0 Å². The summed E-state index contributed by atoms with van der Waals surface area (Å²) < 4.78 is 0. The Morgan fingerprint density at radius 3 is 2.73 bits per heavy atom. The minimum absolute atomic E-state index is 0.0203. The third kappa shape index (κ3) is 1.63. The maximum atomic E-state index is 11.5. The molecule has 2 aliphatic rings. The van der Waals surface area contributed by atoms with Gasteiger partial charge in [0.05, 0.1) is 0 Å². The first-order valence-electron chi connectivity index (χ1n) is 5.74. The Balaban J connectivity index is 2.28. The normalized spacial score (nSPS) is 33.9. The van der Waals surface area contributed by atoms with E-state index in [4.69, 9.17) is 0 Å². The Morgan fingerprint density at radius 2 is 2.20 bits per heavy atom. The van der Waals surface area contributed by atoms with Gasteiger partial charge in [-0.3, -0.25) is 4.79 Å². The van der Waals surface area contributed by atoms with Crippen LogP contribution >= 0.6 is 0 Å². The smallest absolute Gasteiger partial charge is 0.228 e. The fourth-order valence-electron chi connectivity index (χ4n) is 3.29. The van der Waals surface area contributed by atoms with Gasteiger partial charge >= 0.3 is 0 Å². The molecule has 1 nitrogen and oxygen atoms in total. The van der Waals surface area contributed by atoms with Crippen LogP contribution in [0.1, 0.15) is 40.0 Å². The van der Waals surface area contributed by atoms with Crippen LogP contribution < -0.4 is 0 Å². The van der Waals surface area contributed by atoms with E-state index >= 15 is 0 Å². The largest absolute Gasteiger partial charge is 0.280 e. The van der Waals surface area contributed by atoms with Crippen LogP contribution in [0.15, 0.2) is 11.6 Å². The number of allylic oxidation sites excluding steroid dienone is 2. The number of hydrogen-bond donors (Lipinski definition) is 0. The molecule has 0 heterocycles. The maximum Gasteiger partial charge on any atom is 0.228 e. The van der Waals surface area contributed by atoms with Crippen LogP contribution in [0, 0.1) is 29.1 Å². The Labute approximate surface area is 91.9 Å². The van der Waals surface area contributed by atoms with Crippen molar-refractivity contribution in [2.45, 2.75) is 40.0 Å². The second-order valence-electron chi connectivity index (χ2n) is 5.27. The lowest BCUT2D eigenvalue weighted by atomic mass is 9.72. The number of ketones is 1. The molecule has 15 heavy (non-hydrogen) atoms. The summed E-state index contributed by atoms with van der Waals surface area (Å²) >= 11 is 0. The molecule has 2 atom stereocenters. The van der Waals surface area contributed by atoms with E-state index < -0.39 is 0 Å². The number of carbonyl (C=O) groups excluding carboxylic acids is 1. The molecular formula is C14H18O. The van der Waals surface area contributed by atoms with Crippen molar-refractivity contribution in [3.63, 3.8) is 0 Å². The van der Waals surface area contributed by atoms with Crippen molar-refractivity contribution in [2.75, 3.05) is 0 Å². The molecule has 0 aliphatic heterocycles.